The van der Waals surface area contributed by atoms with Crippen LogP contribution in [0.2, 0.25) is 0 Å². The lowest BCUT2D eigenvalue weighted by molar-refractivity contribution is -0.117. The molecule has 0 unspecified atom stereocenters. The third-order valence-corrected chi connectivity index (χ3v) is 5.70. The highest BCUT2D eigenvalue weighted by Crippen LogP contribution is 2.31. The Balaban J connectivity index is 1.50. The molecular formula is C23H20N2OS. The highest BCUT2D eigenvalue weighted by molar-refractivity contribution is 7.21. The molecule has 1 aromatic heterocycles. The Morgan fingerprint density at radius 2 is 1.74 bits per heavy atom. The number of nitrogens with zero attached hydrogens (tertiary/aromatic N) is 1. The number of aromatic nitrogens is 1. The molecule has 134 valence electrons. The molecule has 1 amide bonds. The van der Waals surface area contributed by atoms with Gasteiger partial charge in [0, 0.05) is 11.3 Å². The fraction of sp³-hybridized carbons (Fsp3) is 0.130. The summed E-state index contributed by atoms with van der Waals surface area (Å²) in [4.78, 5) is 17.2. The van der Waals surface area contributed by atoms with Gasteiger partial charge in [0.05, 0.1) is 16.1 Å². The van der Waals surface area contributed by atoms with Crippen LogP contribution in [-0.4, -0.2) is 10.9 Å². The lowest BCUT2D eigenvalue weighted by Gasteiger charge is -2.12. The highest BCUT2D eigenvalue weighted by Gasteiger charge is 2.15. The number of hydrogen-bond donors (Lipinski definition) is 1. The Morgan fingerprint density at radius 1 is 1.00 bits per heavy atom. The summed E-state index contributed by atoms with van der Waals surface area (Å²) in [6.45, 7) is 4.01. The van der Waals surface area contributed by atoms with Gasteiger partial charge in [0.25, 0.3) is 0 Å². The number of rotatable bonds is 4. The third-order valence-electron chi connectivity index (χ3n) is 4.64. The summed E-state index contributed by atoms with van der Waals surface area (Å²) < 4.78 is 1.19. The van der Waals surface area contributed by atoms with Gasteiger partial charge in [-0.1, -0.05) is 36.4 Å². The zero-order valence-corrected chi connectivity index (χ0v) is 16.1. The fourth-order valence-corrected chi connectivity index (χ4v) is 4.06. The molecule has 27 heavy (non-hydrogen) atoms. The van der Waals surface area contributed by atoms with Gasteiger partial charge in [-0.2, -0.15) is 0 Å². The smallest absolute Gasteiger partial charge is 0.231 e. The quantitative estimate of drug-likeness (QED) is 0.476. The summed E-state index contributed by atoms with van der Waals surface area (Å²) in [5.74, 6) is -0.206. The minimum atomic E-state index is -0.196. The zero-order chi connectivity index (χ0) is 18.8. The van der Waals surface area contributed by atoms with Gasteiger partial charge < -0.3 is 5.32 Å². The van der Waals surface area contributed by atoms with E-state index in [0.717, 1.165) is 27.3 Å². The molecule has 4 heteroatoms. The second kappa shape index (κ2) is 7.33. The van der Waals surface area contributed by atoms with Crippen molar-refractivity contribution in [1.29, 1.82) is 0 Å². The summed E-state index contributed by atoms with van der Waals surface area (Å²) in [6, 6.07) is 24.0. The van der Waals surface area contributed by atoms with Crippen molar-refractivity contribution >= 4 is 33.1 Å². The van der Waals surface area contributed by atoms with Gasteiger partial charge in [-0.15, -0.1) is 11.3 Å². The van der Waals surface area contributed by atoms with Gasteiger partial charge in [0.15, 0.2) is 0 Å². The lowest BCUT2D eigenvalue weighted by atomic mass is 10.0. The number of hydrogen-bond acceptors (Lipinski definition) is 3. The van der Waals surface area contributed by atoms with E-state index in [1.807, 2.05) is 61.5 Å². The number of benzene rings is 3. The van der Waals surface area contributed by atoms with Crippen LogP contribution >= 0.6 is 11.3 Å². The minimum Gasteiger partial charge on any atom is -0.326 e. The van der Waals surface area contributed by atoms with E-state index >= 15 is 0 Å². The van der Waals surface area contributed by atoms with Crippen LogP contribution in [0.15, 0.2) is 72.8 Å². The molecule has 3 aromatic carbocycles. The van der Waals surface area contributed by atoms with Gasteiger partial charge in [-0.3, -0.25) is 4.79 Å². The molecule has 0 bridgehead atoms. The Hall–Kier alpha value is -2.98. The molecule has 1 N–H and O–H groups in total. The van der Waals surface area contributed by atoms with Crippen molar-refractivity contribution in [1.82, 2.24) is 4.98 Å². The molecule has 0 aliphatic rings. The van der Waals surface area contributed by atoms with E-state index in [9.17, 15) is 4.79 Å². The maximum atomic E-state index is 12.5. The number of thiazole rings is 1. The standard InChI is InChI=1S/C23H20N2OS/c1-15-8-13-20-21(14-15)27-23(25-20)18-9-11-19(12-10-18)24-22(26)16(2)17-6-4-3-5-7-17/h3-14,16H,1-2H3,(H,24,26)/t16-/m1/s1. The Labute approximate surface area is 162 Å². The molecule has 1 heterocycles. The van der Waals surface area contributed by atoms with Crippen LogP contribution < -0.4 is 5.32 Å². The Kier molecular flexibility index (Phi) is 4.73. The summed E-state index contributed by atoms with van der Waals surface area (Å²) >= 11 is 1.69. The first kappa shape index (κ1) is 17.4. The number of carbonyl (C=O) groups is 1. The summed E-state index contributed by atoms with van der Waals surface area (Å²) in [5, 5.41) is 3.99. The molecule has 4 aromatic rings. The second-order valence-corrected chi connectivity index (χ2v) is 7.72. The highest BCUT2D eigenvalue weighted by atomic mass is 32.1. The van der Waals surface area contributed by atoms with Gasteiger partial charge >= 0.3 is 0 Å². The number of carbonyl (C=O) groups excluding carboxylic acids is 1. The van der Waals surface area contributed by atoms with E-state index in [0.29, 0.717) is 0 Å². The average Bonchev–Trinajstić information content (AvgIpc) is 3.11. The molecule has 0 aliphatic heterocycles. The van der Waals surface area contributed by atoms with Crippen molar-refractivity contribution in [3.63, 3.8) is 0 Å². The summed E-state index contributed by atoms with van der Waals surface area (Å²) in [6.07, 6.45) is 0. The normalized spacial score (nSPS) is 12.1. The summed E-state index contributed by atoms with van der Waals surface area (Å²) in [7, 11) is 0. The molecule has 0 saturated heterocycles. The predicted molar refractivity (Wildman–Crippen MR) is 113 cm³/mol. The fourth-order valence-electron chi connectivity index (χ4n) is 3.00. The van der Waals surface area contributed by atoms with Crippen LogP contribution in [0.3, 0.4) is 0 Å². The van der Waals surface area contributed by atoms with E-state index < -0.39 is 0 Å². The van der Waals surface area contributed by atoms with Crippen LogP contribution in [0, 0.1) is 6.92 Å². The van der Waals surface area contributed by atoms with Crippen molar-refractivity contribution in [3.8, 4) is 10.6 Å². The van der Waals surface area contributed by atoms with Gasteiger partial charge in [-0.25, -0.2) is 4.98 Å². The van der Waals surface area contributed by atoms with E-state index in [2.05, 4.69) is 30.4 Å². The molecule has 0 spiro atoms. The topological polar surface area (TPSA) is 42.0 Å². The Morgan fingerprint density at radius 3 is 2.48 bits per heavy atom. The largest absolute Gasteiger partial charge is 0.326 e. The molecule has 0 aliphatic carbocycles. The maximum Gasteiger partial charge on any atom is 0.231 e. The van der Waals surface area contributed by atoms with Crippen LogP contribution in [-0.2, 0) is 4.79 Å². The van der Waals surface area contributed by atoms with Gasteiger partial charge in [-0.05, 0) is 61.4 Å². The molecule has 0 fully saturated rings. The van der Waals surface area contributed by atoms with Crippen molar-refractivity contribution < 1.29 is 4.79 Å². The maximum absolute atomic E-state index is 12.5. The third kappa shape index (κ3) is 3.76. The van der Waals surface area contributed by atoms with E-state index in [1.54, 1.807) is 11.3 Å². The van der Waals surface area contributed by atoms with Gasteiger partial charge in [0.1, 0.15) is 5.01 Å². The van der Waals surface area contributed by atoms with Crippen LogP contribution in [0.1, 0.15) is 24.0 Å². The molecule has 1 atom stereocenters. The van der Waals surface area contributed by atoms with Crippen molar-refractivity contribution in [2.45, 2.75) is 19.8 Å². The lowest BCUT2D eigenvalue weighted by Crippen LogP contribution is -2.18. The minimum absolute atomic E-state index is 0.00980. The number of amides is 1. The van der Waals surface area contributed by atoms with E-state index in [1.165, 1.54) is 10.3 Å². The van der Waals surface area contributed by atoms with Crippen LogP contribution in [0.5, 0.6) is 0 Å². The van der Waals surface area contributed by atoms with Crippen molar-refractivity contribution in [2.75, 3.05) is 5.32 Å². The zero-order valence-electron chi connectivity index (χ0n) is 15.3. The van der Waals surface area contributed by atoms with E-state index in [-0.39, 0.29) is 11.8 Å². The first-order valence-corrected chi connectivity index (χ1v) is 9.75. The van der Waals surface area contributed by atoms with E-state index in [4.69, 9.17) is 4.98 Å². The number of nitrogens with one attached hydrogen (secondary N) is 1. The van der Waals surface area contributed by atoms with Gasteiger partial charge in [0.2, 0.25) is 5.91 Å². The van der Waals surface area contributed by atoms with Crippen LogP contribution in [0.4, 0.5) is 5.69 Å². The Bertz CT molecular complexity index is 1080. The SMILES string of the molecule is Cc1ccc2nc(-c3ccc(NC(=O)[C@H](C)c4ccccc4)cc3)sc2c1. The second-order valence-electron chi connectivity index (χ2n) is 6.69. The first-order valence-electron chi connectivity index (χ1n) is 8.93. The average molecular weight is 372 g/mol. The predicted octanol–water partition coefficient (Wildman–Crippen LogP) is 6.01. The summed E-state index contributed by atoms with van der Waals surface area (Å²) in [5.41, 5.74) is 5.13. The number of fused-ring (bicyclic) bond motifs is 1. The first-order chi connectivity index (χ1) is 13.1. The van der Waals surface area contributed by atoms with Crippen LogP contribution in [0.25, 0.3) is 20.8 Å². The molecule has 0 radical (unpaired) electrons. The van der Waals surface area contributed by atoms with Crippen molar-refractivity contribution in [2.24, 2.45) is 0 Å². The number of anilines is 1. The molecule has 0 saturated carbocycles. The molecule has 4 rings (SSSR count). The van der Waals surface area contributed by atoms with Crippen molar-refractivity contribution in [3.05, 3.63) is 83.9 Å². The molecular weight excluding hydrogens is 352 g/mol. The molecule has 3 nitrogen and oxygen atoms in total. The monoisotopic (exact) mass is 372 g/mol. The number of aryl methyl sites for hydroxylation is 1.